The summed E-state index contributed by atoms with van der Waals surface area (Å²) >= 11 is 0. The van der Waals surface area contributed by atoms with E-state index in [0.717, 1.165) is 0 Å². The topological polar surface area (TPSA) is 141 Å². The normalized spacial score (nSPS) is 19.6. The van der Waals surface area contributed by atoms with E-state index in [9.17, 15) is 18.3 Å². The van der Waals surface area contributed by atoms with Crippen LogP contribution in [0.5, 0.6) is 5.88 Å². The number of rotatable bonds is 9. The minimum atomic E-state index is -2.55. The third-order valence-corrected chi connectivity index (χ3v) is 8.49. The van der Waals surface area contributed by atoms with Crippen LogP contribution in [0.2, 0.25) is 0 Å². The molecule has 4 heterocycles. The van der Waals surface area contributed by atoms with E-state index in [1.165, 1.54) is 0 Å². The molecule has 4 rings (SSSR count). The van der Waals surface area contributed by atoms with Gasteiger partial charge in [-0.05, 0) is 64.6 Å². The summed E-state index contributed by atoms with van der Waals surface area (Å²) in [5.74, 6) is 0.797. The molecule has 0 saturated heterocycles. The molecule has 0 aromatic carbocycles. The van der Waals surface area contributed by atoms with Crippen LogP contribution in [0.4, 0.5) is 11.6 Å². The van der Waals surface area contributed by atoms with Gasteiger partial charge < -0.3 is 19.9 Å². The molecular formula is C28H36N4O6S. The van der Waals surface area contributed by atoms with Gasteiger partial charge in [-0.3, -0.25) is 0 Å². The number of thiol groups is 1. The van der Waals surface area contributed by atoms with Crippen molar-refractivity contribution in [3.8, 4) is 5.88 Å². The summed E-state index contributed by atoms with van der Waals surface area (Å²) in [6.45, 7) is 12.7. The molecule has 0 bridgehead atoms. The predicted octanol–water partition coefficient (Wildman–Crippen LogP) is 4.60. The first-order chi connectivity index (χ1) is 18.2. The fourth-order valence-electron chi connectivity index (χ4n) is 4.59. The molecule has 0 fully saturated rings. The number of esters is 1. The lowest BCUT2D eigenvalue weighted by molar-refractivity contribution is -0.0189. The molecule has 1 aliphatic rings. The van der Waals surface area contributed by atoms with Gasteiger partial charge in [0.1, 0.15) is 27.9 Å². The Morgan fingerprint density at radius 2 is 1.90 bits per heavy atom. The SMILES string of the molecule is CCC(C)(O)c1cnc(O[C@H](C)C[C@@H](C)[SH](=O)=O)c2cnc(Nc3ccc4c(n3)[C@@H](C)C(C)(C)OC4=O)cc12. The number of ether oxygens (including phenoxy) is 2. The lowest BCUT2D eigenvalue weighted by Gasteiger charge is -2.36. The van der Waals surface area contributed by atoms with Gasteiger partial charge in [-0.2, -0.15) is 0 Å². The second-order valence-corrected chi connectivity index (χ2v) is 12.4. The molecule has 3 aromatic heterocycles. The first-order valence-corrected chi connectivity index (χ1v) is 14.3. The van der Waals surface area contributed by atoms with Crippen LogP contribution >= 0.6 is 0 Å². The Kier molecular flexibility index (Phi) is 7.86. The number of carbonyl (C=O) groups excluding carboxylic acids is 1. The zero-order valence-corrected chi connectivity index (χ0v) is 24.2. The van der Waals surface area contributed by atoms with Gasteiger partial charge in [-0.25, -0.2) is 28.2 Å². The predicted molar refractivity (Wildman–Crippen MR) is 149 cm³/mol. The molecule has 0 spiro atoms. The summed E-state index contributed by atoms with van der Waals surface area (Å²) < 4.78 is 34.2. The van der Waals surface area contributed by atoms with Gasteiger partial charge >= 0.3 is 5.97 Å². The monoisotopic (exact) mass is 556 g/mol. The van der Waals surface area contributed by atoms with Crippen LogP contribution in [-0.2, 0) is 21.0 Å². The molecule has 0 aliphatic carbocycles. The molecule has 210 valence electrons. The van der Waals surface area contributed by atoms with E-state index in [4.69, 9.17) is 14.5 Å². The maximum absolute atomic E-state index is 12.5. The number of hydrogen-bond acceptors (Lipinski definition) is 10. The second kappa shape index (κ2) is 10.7. The Balaban J connectivity index is 1.72. The number of cyclic esters (lactones) is 1. The van der Waals surface area contributed by atoms with Crippen molar-refractivity contribution in [1.29, 1.82) is 0 Å². The molecule has 0 amide bonds. The first kappa shape index (κ1) is 28.7. The number of aliphatic hydroxyl groups is 1. The Hall–Kier alpha value is -3.31. The molecule has 11 heteroatoms. The quantitative estimate of drug-likeness (QED) is 0.253. The van der Waals surface area contributed by atoms with Crippen molar-refractivity contribution in [1.82, 2.24) is 15.0 Å². The van der Waals surface area contributed by atoms with Gasteiger partial charge in [-0.15, -0.1) is 0 Å². The highest BCUT2D eigenvalue weighted by Gasteiger charge is 2.40. The van der Waals surface area contributed by atoms with E-state index in [1.807, 2.05) is 27.7 Å². The van der Waals surface area contributed by atoms with Crippen molar-refractivity contribution in [2.45, 2.75) is 89.8 Å². The van der Waals surface area contributed by atoms with Gasteiger partial charge in [0, 0.05) is 30.3 Å². The van der Waals surface area contributed by atoms with Gasteiger partial charge in [-0.1, -0.05) is 13.8 Å². The average Bonchev–Trinajstić information content (AvgIpc) is 2.86. The van der Waals surface area contributed by atoms with Gasteiger partial charge in [0.15, 0.2) is 0 Å². The summed E-state index contributed by atoms with van der Waals surface area (Å²) in [4.78, 5) is 26.2. The number of hydrogen-bond donors (Lipinski definition) is 3. The van der Waals surface area contributed by atoms with E-state index in [2.05, 4.69) is 15.3 Å². The standard InChI is InChI=1S/C28H36N4O6S/c1-8-28(7,34)21-14-30-25(37-15(2)11-16(3)39(35)36)20-13-29-23(12-19(20)21)31-22-10-9-18-24(32-22)17(4)27(5,6)38-26(18)33/h9-10,12-17,34,39H,8,11H2,1-7H3,(H,29,31,32)/t15-,16-,17-,28?/m1/s1. The van der Waals surface area contributed by atoms with Gasteiger partial charge in [0.2, 0.25) is 5.88 Å². The van der Waals surface area contributed by atoms with Crippen molar-refractivity contribution in [3.05, 3.63) is 47.4 Å². The summed E-state index contributed by atoms with van der Waals surface area (Å²) in [6.07, 6.45) is 3.56. The number of anilines is 2. The number of nitrogens with one attached hydrogen (secondary N) is 1. The zero-order valence-electron chi connectivity index (χ0n) is 23.3. The van der Waals surface area contributed by atoms with E-state index in [0.29, 0.717) is 58.0 Å². The highest BCUT2D eigenvalue weighted by Crippen LogP contribution is 2.39. The third-order valence-electron chi connectivity index (χ3n) is 7.56. The Morgan fingerprint density at radius 3 is 2.56 bits per heavy atom. The molecular weight excluding hydrogens is 520 g/mol. The summed E-state index contributed by atoms with van der Waals surface area (Å²) in [7, 11) is -2.55. The van der Waals surface area contributed by atoms with Crippen LogP contribution in [0.25, 0.3) is 10.8 Å². The minimum Gasteiger partial charge on any atom is -0.474 e. The molecule has 2 N–H and O–H groups in total. The van der Waals surface area contributed by atoms with E-state index in [-0.39, 0.29) is 5.92 Å². The highest BCUT2D eigenvalue weighted by atomic mass is 32.2. The van der Waals surface area contributed by atoms with Gasteiger partial charge in [0.25, 0.3) is 0 Å². The van der Waals surface area contributed by atoms with Crippen LogP contribution in [0.3, 0.4) is 0 Å². The summed E-state index contributed by atoms with van der Waals surface area (Å²) in [5, 5.41) is 15.1. The second-order valence-electron chi connectivity index (χ2n) is 11.0. The van der Waals surface area contributed by atoms with Crippen molar-refractivity contribution >= 4 is 39.1 Å². The minimum absolute atomic E-state index is 0.113. The van der Waals surface area contributed by atoms with Crippen LogP contribution < -0.4 is 10.1 Å². The Labute approximate surface area is 230 Å². The Morgan fingerprint density at radius 1 is 1.18 bits per heavy atom. The smallest absolute Gasteiger partial charge is 0.340 e. The molecule has 0 saturated carbocycles. The van der Waals surface area contributed by atoms with Crippen LogP contribution in [-0.4, -0.2) is 51.4 Å². The number of pyridine rings is 3. The van der Waals surface area contributed by atoms with Crippen LogP contribution in [0.15, 0.2) is 30.6 Å². The number of carbonyl (C=O) groups is 1. The summed E-state index contributed by atoms with van der Waals surface area (Å²) in [5.41, 5.74) is -0.135. The van der Waals surface area contributed by atoms with Crippen LogP contribution in [0.1, 0.15) is 88.8 Å². The molecule has 39 heavy (non-hydrogen) atoms. The molecule has 3 aromatic rings. The Bertz CT molecular complexity index is 1480. The fraction of sp³-hybridized carbons (Fsp3) is 0.500. The lowest BCUT2D eigenvalue weighted by Crippen LogP contribution is -2.39. The van der Waals surface area contributed by atoms with Crippen LogP contribution in [0, 0.1) is 0 Å². The number of aromatic nitrogens is 3. The van der Waals surface area contributed by atoms with Gasteiger partial charge in [0.05, 0.1) is 33.6 Å². The highest BCUT2D eigenvalue weighted by molar-refractivity contribution is 7.73. The fourth-order valence-corrected chi connectivity index (χ4v) is 5.06. The third kappa shape index (κ3) is 5.84. The molecule has 4 atom stereocenters. The largest absolute Gasteiger partial charge is 0.474 e. The van der Waals surface area contributed by atoms with E-state index >= 15 is 0 Å². The molecule has 0 radical (unpaired) electrons. The number of fused-ring (bicyclic) bond motifs is 2. The number of nitrogens with zero attached hydrogens (tertiary/aromatic N) is 3. The van der Waals surface area contributed by atoms with Crippen molar-refractivity contribution in [2.75, 3.05) is 5.32 Å². The van der Waals surface area contributed by atoms with E-state index in [1.54, 1.807) is 51.4 Å². The van der Waals surface area contributed by atoms with Crippen molar-refractivity contribution in [3.63, 3.8) is 0 Å². The molecule has 1 unspecified atom stereocenters. The van der Waals surface area contributed by atoms with Crippen molar-refractivity contribution in [2.24, 2.45) is 0 Å². The van der Waals surface area contributed by atoms with E-state index < -0.39 is 39.2 Å². The average molecular weight is 557 g/mol. The molecule has 1 aliphatic heterocycles. The maximum atomic E-state index is 12.5. The lowest BCUT2D eigenvalue weighted by atomic mass is 9.84. The first-order valence-electron chi connectivity index (χ1n) is 13.1. The summed E-state index contributed by atoms with van der Waals surface area (Å²) in [6, 6.07) is 5.19. The van der Waals surface area contributed by atoms with Crippen molar-refractivity contribution < 1.29 is 27.8 Å². The maximum Gasteiger partial charge on any atom is 0.340 e. The zero-order chi connectivity index (χ0) is 28.7. The molecule has 10 nitrogen and oxygen atoms in total.